The zero-order chi connectivity index (χ0) is 14.3. The van der Waals surface area contributed by atoms with Gasteiger partial charge in [-0.25, -0.2) is 0 Å². The maximum absolute atomic E-state index is 13.0. The average Bonchev–Trinajstić information content (AvgIpc) is 2.97. The van der Waals surface area contributed by atoms with Crippen molar-refractivity contribution in [2.75, 3.05) is 0 Å². The first-order valence-electron chi connectivity index (χ1n) is 5.78. The lowest BCUT2D eigenvalue weighted by molar-refractivity contribution is -0.138. The highest BCUT2D eigenvalue weighted by molar-refractivity contribution is 7.26. The largest absolute Gasteiger partial charge is 0.416 e. The normalized spacial score (nSPS) is 13.8. The molecule has 104 valence electrons. The first kappa shape index (κ1) is 13.6. The van der Waals surface area contributed by atoms with Crippen molar-refractivity contribution >= 4 is 32.1 Å². The van der Waals surface area contributed by atoms with Crippen LogP contribution in [0.5, 0.6) is 0 Å². The van der Waals surface area contributed by atoms with Crippen LogP contribution in [0.4, 0.5) is 13.2 Å². The van der Waals surface area contributed by atoms with Gasteiger partial charge in [0.1, 0.15) is 6.10 Å². The monoisotopic (exact) mass is 314 g/mol. The summed E-state index contributed by atoms with van der Waals surface area (Å²) in [5.74, 6) is 0. The number of alkyl halides is 3. The van der Waals surface area contributed by atoms with Crippen LogP contribution in [-0.2, 0) is 6.18 Å². The molecule has 1 atom stereocenters. The Labute approximate surface area is 120 Å². The zero-order valence-corrected chi connectivity index (χ0v) is 11.6. The molecular weight excluding hydrogens is 305 g/mol. The van der Waals surface area contributed by atoms with Crippen LogP contribution in [-0.4, -0.2) is 5.11 Å². The molecule has 0 spiro atoms. The lowest BCUT2D eigenvalue weighted by Gasteiger charge is -2.16. The van der Waals surface area contributed by atoms with Crippen LogP contribution in [0.1, 0.15) is 22.1 Å². The number of thiophene rings is 2. The predicted octanol–water partition coefficient (Wildman–Crippen LogP) is 5.06. The van der Waals surface area contributed by atoms with Gasteiger partial charge < -0.3 is 5.11 Å². The molecule has 3 aromatic rings. The molecule has 0 aliphatic rings. The third-order valence-electron chi connectivity index (χ3n) is 2.99. The van der Waals surface area contributed by atoms with Crippen LogP contribution < -0.4 is 0 Å². The quantitative estimate of drug-likeness (QED) is 0.700. The highest BCUT2D eigenvalue weighted by atomic mass is 32.1. The predicted molar refractivity (Wildman–Crippen MR) is 75.2 cm³/mol. The summed E-state index contributed by atoms with van der Waals surface area (Å²) in [6.45, 7) is 0. The molecule has 3 rings (SSSR count). The molecule has 2 heterocycles. The van der Waals surface area contributed by atoms with E-state index in [0.717, 1.165) is 15.5 Å². The fourth-order valence-electron chi connectivity index (χ4n) is 2.07. The third kappa shape index (κ3) is 2.34. The second-order valence-electron chi connectivity index (χ2n) is 4.29. The summed E-state index contributed by atoms with van der Waals surface area (Å²) in [4.78, 5) is 0.531. The topological polar surface area (TPSA) is 20.2 Å². The van der Waals surface area contributed by atoms with Gasteiger partial charge in [0.05, 0.1) is 5.56 Å². The summed E-state index contributed by atoms with van der Waals surface area (Å²) < 4.78 is 40.9. The fourth-order valence-corrected chi connectivity index (χ4v) is 4.19. The summed E-state index contributed by atoms with van der Waals surface area (Å²) in [7, 11) is 0. The Balaban J connectivity index is 2.06. The molecule has 0 saturated heterocycles. The van der Waals surface area contributed by atoms with E-state index >= 15 is 0 Å². The van der Waals surface area contributed by atoms with Gasteiger partial charge in [-0.2, -0.15) is 13.2 Å². The number of benzene rings is 1. The molecule has 0 aliphatic carbocycles. The molecule has 20 heavy (non-hydrogen) atoms. The summed E-state index contributed by atoms with van der Waals surface area (Å²) in [5.41, 5.74) is -0.891. The van der Waals surface area contributed by atoms with Crippen molar-refractivity contribution in [2.24, 2.45) is 0 Å². The zero-order valence-electron chi connectivity index (χ0n) is 10.0. The first-order chi connectivity index (χ1) is 9.47. The van der Waals surface area contributed by atoms with Crippen LogP contribution in [0.25, 0.3) is 9.40 Å². The Hall–Kier alpha value is -1.37. The number of fused-ring (bicyclic) bond motifs is 1. The number of aliphatic hydroxyl groups is 1. The maximum atomic E-state index is 13.0. The van der Waals surface area contributed by atoms with Crippen LogP contribution >= 0.6 is 22.7 Å². The summed E-state index contributed by atoms with van der Waals surface area (Å²) >= 11 is 2.83. The van der Waals surface area contributed by atoms with Crippen LogP contribution in [0, 0.1) is 0 Å². The molecule has 1 nitrogen and oxygen atoms in total. The van der Waals surface area contributed by atoms with E-state index < -0.39 is 17.8 Å². The minimum Gasteiger partial charge on any atom is -0.383 e. The van der Waals surface area contributed by atoms with Crippen molar-refractivity contribution < 1.29 is 18.3 Å². The van der Waals surface area contributed by atoms with Crippen LogP contribution in [0.3, 0.4) is 0 Å². The van der Waals surface area contributed by atoms with Gasteiger partial charge in [0.15, 0.2) is 0 Å². The molecule has 0 aliphatic heterocycles. The Morgan fingerprint density at radius 2 is 1.80 bits per heavy atom. The van der Waals surface area contributed by atoms with Crippen molar-refractivity contribution in [3.8, 4) is 0 Å². The van der Waals surface area contributed by atoms with Gasteiger partial charge in [-0.3, -0.25) is 0 Å². The van der Waals surface area contributed by atoms with Crippen molar-refractivity contribution in [3.63, 3.8) is 0 Å². The molecule has 0 amide bonds. The van der Waals surface area contributed by atoms with Gasteiger partial charge in [0, 0.05) is 14.3 Å². The second kappa shape index (κ2) is 4.87. The van der Waals surface area contributed by atoms with Crippen molar-refractivity contribution in [1.82, 2.24) is 0 Å². The van der Waals surface area contributed by atoms with Gasteiger partial charge >= 0.3 is 6.18 Å². The summed E-state index contributed by atoms with van der Waals surface area (Å²) in [6.07, 6.45) is -5.72. The molecule has 0 fully saturated rings. The first-order valence-corrected chi connectivity index (χ1v) is 7.47. The van der Waals surface area contributed by atoms with Crippen molar-refractivity contribution in [3.05, 3.63) is 57.8 Å². The average molecular weight is 314 g/mol. The van der Waals surface area contributed by atoms with E-state index in [4.69, 9.17) is 0 Å². The number of hydrogen-bond donors (Lipinski definition) is 1. The maximum Gasteiger partial charge on any atom is 0.416 e. The van der Waals surface area contributed by atoms with Gasteiger partial charge in [-0.1, -0.05) is 18.2 Å². The summed E-state index contributed by atoms with van der Waals surface area (Å²) in [5, 5.41) is 12.2. The van der Waals surface area contributed by atoms with Gasteiger partial charge in [-0.05, 0) is 29.1 Å². The lowest BCUT2D eigenvalue weighted by atomic mass is 10.0. The van der Waals surface area contributed by atoms with E-state index in [1.54, 1.807) is 6.07 Å². The minimum absolute atomic E-state index is 0.103. The Kier molecular flexibility index (Phi) is 3.32. The smallest absolute Gasteiger partial charge is 0.383 e. The molecule has 6 heteroatoms. The molecule has 0 saturated carbocycles. The highest BCUT2D eigenvalue weighted by Gasteiger charge is 2.35. The SMILES string of the molecule is OC(c1cc2sccc2s1)c1ccccc1C(F)(F)F. The standard InChI is InChI=1S/C14H9F3OS2/c15-14(16,17)9-4-2-1-3-8(9)13(18)12-7-11-10(20-12)5-6-19-11/h1-7,13,18H. The molecule has 0 radical (unpaired) electrons. The highest BCUT2D eigenvalue weighted by Crippen LogP contribution is 2.40. The van der Waals surface area contributed by atoms with Crippen LogP contribution in [0.2, 0.25) is 0 Å². The number of aliphatic hydroxyl groups excluding tert-OH is 1. The Morgan fingerprint density at radius 3 is 2.50 bits per heavy atom. The second-order valence-corrected chi connectivity index (χ2v) is 6.35. The van der Waals surface area contributed by atoms with E-state index in [0.29, 0.717) is 4.88 Å². The van der Waals surface area contributed by atoms with E-state index in [2.05, 4.69) is 0 Å². The molecule has 0 bridgehead atoms. The van der Waals surface area contributed by atoms with E-state index in [-0.39, 0.29) is 5.56 Å². The molecule has 1 aromatic carbocycles. The minimum atomic E-state index is -4.47. The fraction of sp³-hybridized carbons (Fsp3) is 0.143. The third-order valence-corrected chi connectivity index (χ3v) is 5.13. The lowest BCUT2D eigenvalue weighted by Crippen LogP contribution is -2.11. The van der Waals surface area contributed by atoms with Crippen molar-refractivity contribution in [1.29, 1.82) is 0 Å². The molecular formula is C14H9F3OS2. The molecule has 1 unspecified atom stereocenters. The van der Waals surface area contributed by atoms with Crippen LogP contribution in [0.15, 0.2) is 41.8 Å². The van der Waals surface area contributed by atoms with Gasteiger partial charge in [0.25, 0.3) is 0 Å². The van der Waals surface area contributed by atoms with E-state index in [1.807, 2.05) is 11.4 Å². The van der Waals surface area contributed by atoms with Gasteiger partial charge in [-0.15, -0.1) is 22.7 Å². The van der Waals surface area contributed by atoms with E-state index in [1.165, 1.54) is 40.9 Å². The number of halogens is 3. The Morgan fingerprint density at radius 1 is 1.05 bits per heavy atom. The number of rotatable bonds is 2. The van der Waals surface area contributed by atoms with Gasteiger partial charge in [0.2, 0.25) is 0 Å². The van der Waals surface area contributed by atoms with Crippen molar-refractivity contribution in [2.45, 2.75) is 12.3 Å². The number of hydrogen-bond acceptors (Lipinski definition) is 3. The Bertz CT molecular complexity index is 714. The molecule has 1 N–H and O–H groups in total. The van der Waals surface area contributed by atoms with E-state index in [9.17, 15) is 18.3 Å². The summed E-state index contributed by atoms with van der Waals surface area (Å²) in [6, 6.07) is 8.80. The molecule has 2 aromatic heterocycles.